The molecule has 7 rings (SSSR count). The van der Waals surface area contributed by atoms with Crippen molar-refractivity contribution in [3.8, 4) is 28.7 Å². The Morgan fingerprint density at radius 2 is 1.59 bits per heavy atom. The number of hydrogen-bond donors (Lipinski definition) is 6. The van der Waals surface area contributed by atoms with E-state index in [9.17, 15) is 25.2 Å². The minimum absolute atomic E-state index is 0.0184. The number of fused-ring (bicyclic) bond motifs is 7. The van der Waals surface area contributed by atoms with Crippen molar-refractivity contribution >= 4 is 39.9 Å². The van der Waals surface area contributed by atoms with Crippen LogP contribution in [0.3, 0.4) is 0 Å². The van der Waals surface area contributed by atoms with E-state index in [1.807, 2.05) is 13.0 Å². The number of esters is 1. The molecular formula is C33H25N3O7S. The number of phenolic OH excluding ortho intramolecular Hbond substituents is 2. The molecule has 1 spiro atoms. The van der Waals surface area contributed by atoms with E-state index in [1.54, 1.807) is 36.4 Å². The van der Waals surface area contributed by atoms with Gasteiger partial charge < -0.3 is 40.5 Å². The molecule has 0 bridgehead atoms. The minimum Gasteiger partial charge on any atom is -0.508 e. The number of phenols is 3. The summed E-state index contributed by atoms with van der Waals surface area (Å²) in [5, 5.41) is 47.5. The van der Waals surface area contributed by atoms with Gasteiger partial charge in [-0.2, -0.15) is 0 Å². The Morgan fingerprint density at radius 1 is 0.909 bits per heavy atom. The minimum atomic E-state index is -1.35. The average Bonchev–Trinajstić information content (AvgIpc) is 3.27. The molecule has 6 N–H and O–H groups in total. The SMILES string of the molecule is Cc1cc(CNC(=S)Nc2ccc3c(c2)C(=O)OC32c3ccc(O)cc3Oc3cc(O)ccc32)c2ccc(O)c(CO)c2n1. The lowest BCUT2D eigenvalue weighted by molar-refractivity contribution is 0.0224. The zero-order chi connectivity index (χ0) is 30.7. The number of anilines is 1. The number of thiocarbonyl (C=S) groups is 1. The van der Waals surface area contributed by atoms with Gasteiger partial charge in [-0.25, -0.2) is 4.79 Å². The molecule has 0 unspecified atom stereocenters. The fourth-order valence-electron chi connectivity index (χ4n) is 5.99. The lowest BCUT2D eigenvalue weighted by Gasteiger charge is -2.36. The van der Waals surface area contributed by atoms with Crippen LogP contribution in [0.5, 0.6) is 28.7 Å². The number of nitrogens with one attached hydrogen (secondary N) is 2. The number of carbonyl (C=O) groups is 1. The molecule has 10 nitrogen and oxygen atoms in total. The second-order valence-corrected chi connectivity index (χ2v) is 11.1. The molecule has 1 aromatic heterocycles. The number of hydrogen-bond acceptors (Lipinski definition) is 9. The highest BCUT2D eigenvalue weighted by molar-refractivity contribution is 7.80. The van der Waals surface area contributed by atoms with Crippen LogP contribution in [0.15, 0.2) is 72.8 Å². The Kier molecular flexibility index (Phi) is 6.31. The van der Waals surface area contributed by atoms with Crippen LogP contribution in [-0.4, -0.2) is 36.5 Å². The molecule has 0 radical (unpaired) electrons. The summed E-state index contributed by atoms with van der Waals surface area (Å²) in [6, 6.07) is 19.6. The maximum Gasteiger partial charge on any atom is 0.340 e. The largest absolute Gasteiger partial charge is 0.508 e. The van der Waals surface area contributed by atoms with E-state index in [-0.39, 0.29) is 23.9 Å². The van der Waals surface area contributed by atoms with E-state index in [1.165, 1.54) is 30.3 Å². The molecule has 5 aromatic rings. The lowest BCUT2D eigenvalue weighted by atomic mass is 9.77. The van der Waals surface area contributed by atoms with E-state index >= 15 is 0 Å². The van der Waals surface area contributed by atoms with Crippen LogP contribution in [0.4, 0.5) is 5.69 Å². The smallest absolute Gasteiger partial charge is 0.340 e. The van der Waals surface area contributed by atoms with Gasteiger partial charge in [-0.1, -0.05) is 6.07 Å². The van der Waals surface area contributed by atoms with Crippen LogP contribution in [0, 0.1) is 6.92 Å². The summed E-state index contributed by atoms with van der Waals surface area (Å²) >= 11 is 5.57. The quantitative estimate of drug-likeness (QED) is 0.118. The molecule has 220 valence electrons. The summed E-state index contributed by atoms with van der Waals surface area (Å²) in [6.07, 6.45) is 0. The summed E-state index contributed by atoms with van der Waals surface area (Å²) in [4.78, 5) is 17.9. The first kappa shape index (κ1) is 27.4. The van der Waals surface area contributed by atoms with E-state index in [0.717, 1.165) is 16.6 Å². The van der Waals surface area contributed by atoms with Crippen molar-refractivity contribution in [2.24, 2.45) is 0 Å². The van der Waals surface area contributed by atoms with Crippen molar-refractivity contribution < 1.29 is 34.7 Å². The topological polar surface area (TPSA) is 153 Å². The van der Waals surface area contributed by atoms with Crippen molar-refractivity contribution in [3.63, 3.8) is 0 Å². The third-order valence-corrected chi connectivity index (χ3v) is 8.15. The number of nitrogens with zero attached hydrogens (tertiary/aromatic N) is 1. The van der Waals surface area contributed by atoms with Crippen molar-refractivity contribution in [1.82, 2.24) is 10.3 Å². The first-order chi connectivity index (χ1) is 21.2. The molecule has 0 aliphatic carbocycles. The standard InChI is InChI=1S/C33H25N3O7S/c1-16-10-17(21-5-9-27(40)23(15-37)30(21)35-16)14-34-32(44)36-18-2-6-24-22(11-18)31(41)43-33(24)25-7-3-19(38)12-28(25)42-29-13-20(39)4-8-26(29)33/h2-13,37-40H,14-15H2,1H3,(H2,34,36,44). The van der Waals surface area contributed by atoms with Crippen LogP contribution in [-0.2, 0) is 23.5 Å². The van der Waals surface area contributed by atoms with E-state index in [2.05, 4.69) is 15.6 Å². The maximum absolute atomic E-state index is 13.4. The van der Waals surface area contributed by atoms with Crippen molar-refractivity contribution in [3.05, 3.63) is 112 Å². The van der Waals surface area contributed by atoms with Crippen LogP contribution < -0.4 is 15.4 Å². The van der Waals surface area contributed by atoms with Crippen LogP contribution in [0.25, 0.3) is 10.9 Å². The number of aryl methyl sites for hydroxylation is 1. The Bertz CT molecular complexity index is 1990. The molecule has 0 amide bonds. The van der Waals surface area contributed by atoms with Gasteiger partial charge in [-0.3, -0.25) is 4.98 Å². The summed E-state index contributed by atoms with van der Waals surface area (Å²) in [5.74, 6) is -0.00336. The molecule has 4 aromatic carbocycles. The van der Waals surface area contributed by atoms with Gasteiger partial charge in [0.05, 0.1) is 17.7 Å². The van der Waals surface area contributed by atoms with Gasteiger partial charge in [0.2, 0.25) is 0 Å². The second kappa shape index (κ2) is 10.1. The predicted octanol–water partition coefficient (Wildman–Crippen LogP) is 5.21. The Labute approximate surface area is 256 Å². The number of aliphatic hydroxyl groups excluding tert-OH is 1. The van der Waals surface area contributed by atoms with Crippen molar-refractivity contribution in [2.45, 2.75) is 25.7 Å². The second-order valence-electron chi connectivity index (χ2n) is 10.6. The van der Waals surface area contributed by atoms with E-state index in [0.29, 0.717) is 62.2 Å². The number of aromatic hydroxyl groups is 3. The number of ether oxygens (including phenoxy) is 2. The van der Waals surface area contributed by atoms with Crippen molar-refractivity contribution in [2.75, 3.05) is 5.32 Å². The molecule has 0 saturated heterocycles. The van der Waals surface area contributed by atoms with Crippen LogP contribution in [0.2, 0.25) is 0 Å². The Hall–Kier alpha value is -5.39. The highest BCUT2D eigenvalue weighted by atomic mass is 32.1. The average molecular weight is 608 g/mol. The van der Waals surface area contributed by atoms with Gasteiger partial charge in [-0.15, -0.1) is 0 Å². The van der Waals surface area contributed by atoms with Crippen LogP contribution in [0.1, 0.15) is 43.9 Å². The molecule has 2 aliphatic heterocycles. The first-order valence-electron chi connectivity index (χ1n) is 13.7. The predicted molar refractivity (Wildman–Crippen MR) is 165 cm³/mol. The fourth-order valence-corrected chi connectivity index (χ4v) is 6.18. The highest BCUT2D eigenvalue weighted by Gasteiger charge is 2.53. The van der Waals surface area contributed by atoms with E-state index < -0.39 is 11.6 Å². The first-order valence-corrected chi connectivity index (χ1v) is 14.1. The number of aliphatic hydroxyl groups is 1. The van der Waals surface area contributed by atoms with Gasteiger partial charge in [0, 0.05) is 57.7 Å². The number of benzene rings is 4. The van der Waals surface area contributed by atoms with Gasteiger partial charge in [0.1, 0.15) is 28.7 Å². The Morgan fingerprint density at radius 3 is 2.27 bits per heavy atom. The van der Waals surface area contributed by atoms with Gasteiger partial charge in [0.15, 0.2) is 10.7 Å². The summed E-state index contributed by atoms with van der Waals surface area (Å²) in [7, 11) is 0. The summed E-state index contributed by atoms with van der Waals surface area (Å²) < 4.78 is 12.1. The third kappa shape index (κ3) is 4.24. The molecule has 3 heterocycles. The number of carbonyl (C=O) groups excluding carboxylic acids is 1. The molecular weight excluding hydrogens is 582 g/mol. The molecule has 0 saturated carbocycles. The monoisotopic (exact) mass is 607 g/mol. The Balaban J connectivity index is 1.19. The number of rotatable bonds is 4. The maximum atomic E-state index is 13.4. The van der Waals surface area contributed by atoms with Crippen LogP contribution >= 0.6 is 12.2 Å². The molecule has 11 heteroatoms. The number of aromatic nitrogens is 1. The van der Waals surface area contributed by atoms with Gasteiger partial charge >= 0.3 is 5.97 Å². The zero-order valence-electron chi connectivity index (χ0n) is 23.2. The highest BCUT2D eigenvalue weighted by Crippen LogP contribution is 2.57. The zero-order valence-corrected chi connectivity index (χ0v) is 24.0. The normalized spacial score (nSPS) is 13.9. The fraction of sp³-hybridized carbons (Fsp3) is 0.121. The molecule has 0 fully saturated rings. The van der Waals surface area contributed by atoms with Gasteiger partial charge in [-0.05, 0) is 79.3 Å². The summed E-state index contributed by atoms with van der Waals surface area (Å²) in [5.41, 5.74) is 3.67. The van der Waals surface area contributed by atoms with Crippen molar-refractivity contribution in [1.29, 1.82) is 0 Å². The molecule has 2 aliphatic rings. The van der Waals surface area contributed by atoms with Gasteiger partial charge in [0.25, 0.3) is 0 Å². The lowest BCUT2D eigenvalue weighted by Crippen LogP contribution is -2.33. The third-order valence-electron chi connectivity index (χ3n) is 7.90. The molecule has 0 atom stereocenters. The number of pyridine rings is 1. The summed E-state index contributed by atoms with van der Waals surface area (Å²) in [6.45, 7) is 1.83. The molecule has 44 heavy (non-hydrogen) atoms. The van der Waals surface area contributed by atoms with E-state index in [4.69, 9.17) is 21.7 Å².